The molecule has 0 N–H and O–H groups in total. The summed E-state index contributed by atoms with van der Waals surface area (Å²) in [5, 5.41) is 23.3. The smallest absolute Gasteiger partial charge is 0.0547 e. The average Bonchev–Trinajstić information content (AvgIpc) is 1.50. The number of anilines is 3. The van der Waals surface area contributed by atoms with E-state index in [2.05, 4.69) is 495 Å². The molecule has 2 aliphatic carbocycles. The molecule has 4 heteroatoms. The van der Waals surface area contributed by atoms with Gasteiger partial charge in [0.2, 0.25) is 0 Å². The van der Waals surface area contributed by atoms with Crippen LogP contribution < -0.4 is 4.90 Å². The van der Waals surface area contributed by atoms with Gasteiger partial charge in [-0.05, 0) is 270 Å². The average molecular weight is 1660 g/mol. The van der Waals surface area contributed by atoms with Crippen molar-refractivity contribution in [2.45, 2.75) is 38.5 Å². The van der Waals surface area contributed by atoms with Crippen molar-refractivity contribution in [2.75, 3.05) is 4.90 Å². The number of fused-ring (bicyclic) bond motifs is 29. The van der Waals surface area contributed by atoms with Crippen LogP contribution in [0.1, 0.15) is 49.9 Å². The molecule has 0 fully saturated rings. The summed E-state index contributed by atoms with van der Waals surface area (Å²) < 4.78 is 7.44. The van der Waals surface area contributed by atoms with Gasteiger partial charge in [-0.2, -0.15) is 0 Å². The lowest BCUT2D eigenvalue weighted by Gasteiger charge is -2.26. The fourth-order valence-corrected chi connectivity index (χ4v) is 22.7. The first-order valence-electron chi connectivity index (χ1n) is 45.4. The zero-order valence-corrected chi connectivity index (χ0v) is 72.5. The molecular weight excluding hydrogens is 1570 g/mol. The van der Waals surface area contributed by atoms with Gasteiger partial charge in [-0.25, -0.2) is 0 Å². The molecule has 27 rings (SSSR count). The van der Waals surface area contributed by atoms with E-state index in [4.69, 9.17) is 0 Å². The van der Waals surface area contributed by atoms with Crippen molar-refractivity contribution >= 4 is 147 Å². The minimum absolute atomic E-state index is 0.121. The maximum Gasteiger partial charge on any atom is 0.0547 e. The maximum atomic E-state index is 2.52. The van der Waals surface area contributed by atoms with Crippen LogP contribution in [-0.4, -0.2) is 13.7 Å². The summed E-state index contributed by atoms with van der Waals surface area (Å²) in [6.45, 7) is 9.53. The quantitative estimate of drug-likeness (QED) is 0.125. The van der Waals surface area contributed by atoms with E-state index < -0.39 is 0 Å². The van der Waals surface area contributed by atoms with Crippen LogP contribution >= 0.6 is 0 Å². The molecule has 0 atom stereocenters. The number of aromatic nitrogens is 3. The van der Waals surface area contributed by atoms with Crippen LogP contribution in [0.4, 0.5) is 17.1 Å². The fraction of sp³-hybridized carbons (Fsp3) is 0.0476. The zero-order valence-electron chi connectivity index (χ0n) is 72.5. The van der Waals surface area contributed by atoms with E-state index in [0.717, 1.165) is 34.1 Å². The highest BCUT2D eigenvalue weighted by molar-refractivity contribution is 6.37. The van der Waals surface area contributed by atoms with Gasteiger partial charge in [0.1, 0.15) is 0 Å². The first-order valence-corrected chi connectivity index (χ1v) is 45.4. The van der Waals surface area contributed by atoms with Gasteiger partial charge in [-0.15, -0.1) is 0 Å². The standard InChI is InChI=1S/C63H42N2.C63H44N2/c1-63(2)55-22-12-10-19-48(55)52-37-54-60(38-56(52)63)65(59-35-33-51-47-18-7-6-16-45(47)46-17-8-9-21-50(46)61(51)62(54)59)44-31-26-41(27-32-44)42-28-34-58-53(36-42)49-20-11-13-23-57(49)64(58)43-29-24-40(25-30-43)39-14-4-3-5-15-39;1-63(2)57-24-14-13-22-52(57)55-39-56-60(40-58(55)63)65(59-38-37-54-51-21-10-9-19-49(51)50-20-11-12-23-53(50)61(54)62(56)59)48-35-29-44(30-36-48)43-27-33-47(34-28-43)64(45-17-7-4-8-18-45)46-31-25-42(26-32-46)41-15-5-3-6-16-41/h3-38H,1-2H3;3-40H,1-2H3. The third kappa shape index (κ3) is 11.4. The number of hydrogen-bond acceptors (Lipinski definition) is 1. The van der Waals surface area contributed by atoms with E-state index in [-0.39, 0.29) is 10.8 Å². The zero-order chi connectivity index (χ0) is 86.2. The van der Waals surface area contributed by atoms with Crippen molar-refractivity contribution in [2.24, 2.45) is 0 Å². The van der Waals surface area contributed by atoms with Gasteiger partial charge in [-0.3, -0.25) is 0 Å². The summed E-state index contributed by atoms with van der Waals surface area (Å²) in [5.41, 5.74) is 34.4. The Morgan fingerprint density at radius 1 is 0.162 bits per heavy atom. The summed E-state index contributed by atoms with van der Waals surface area (Å²) in [5.74, 6) is 0. The van der Waals surface area contributed by atoms with Crippen LogP contribution in [-0.2, 0) is 10.8 Å². The Balaban J connectivity index is 0.000000137. The number of nitrogens with zero attached hydrogens (tertiary/aromatic N) is 4. The van der Waals surface area contributed by atoms with Gasteiger partial charge in [-0.1, -0.05) is 349 Å². The molecule has 3 aromatic heterocycles. The Morgan fingerprint density at radius 2 is 0.446 bits per heavy atom. The number of hydrogen-bond donors (Lipinski definition) is 0. The predicted octanol–water partition coefficient (Wildman–Crippen LogP) is 34.3. The van der Waals surface area contributed by atoms with Crippen molar-refractivity contribution in [3.63, 3.8) is 0 Å². The third-order valence-corrected chi connectivity index (χ3v) is 28.9. The van der Waals surface area contributed by atoms with Crippen LogP contribution in [0.3, 0.4) is 0 Å². The van der Waals surface area contributed by atoms with Gasteiger partial charge < -0.3 is 18.6 Å². The molecule has 0 spiro atoms. The molecule has 0 saturated carbocycles. The van der Waals surface area contributed by atoms with Crippen LogP contribution in [0.25, 0.3) is 214 Å². The van der Waals surface area contributed by atoms with Crippen molar-refractivity contribution in [3.05, 3.63) is 471 Å². The Bertz CT molecular complexity index is 8890. The summed E-state index contributed by atoms with van der Waals surface area (Å²) in [4.78, 5) is 2.33. The molecule has 22 aromatic carbocycles. The topological polar surface area (TPSA) is 18.0 Å². The highest BCUT2D eigenvalue weighted by Gasteiger charge is 2.39. The maximum absolute atomic E-state index is 2.52. The van der Waals surface area contributed by atoms with Gasteiger partial charge in [0.25, 0.3) is 0 Å². The van der Waals surface area contributed by atoms with E-state index in [1.54, 1.807) is 0 Å². The molecule has 3 heterocycles. The van der Waals surface area contributed by atoms with E-state index in [1.165, 1.54) is 219 Å². The van der Waals surface area contributed by atoms with Crippen molar-refractivity contribution < 1.29 is 0 Å². The van der Waals surface area contributed by atoms with Crippen molar-refractivity contribution in [1.29, 1.82) is 0 Å². The molecule has 2 aliphatic rings. The molecule has 610 valence electrons. The summed E-state index contributed by atoms with van der Waals surface area (Å²) >= 11 is 0. The second-order valence-electron chi connectivity index (χ2n) is 36.5. The summed E-state index contributed by atoms with van der Waals surface area (Å²) in [6.07, 6.45) is 0. The second-order valence-corrected chi connectivity index (χ2v) is 36.5. The van der Waals surface area contributed by atoms with E-state index in [1.807, 2.05) is 0 Å². The fourth-order valence-electron chi connectivity index (χ4n) is 22.7. The van der Waals surface area contributed by atoms with Crippen LogP contribution in [0.15, 0.2) is 449 Å². The lowest BCUT2D eigenvalue weighted by atomic mass is 9.82. The third-order valence-electron chi connectivity index (χ3n) is 28.9. The van der Waals surface area contributed by atoms with Gasteiger partial charge in [0.05, 0.1) is 33.1 Å². The highest BCUT2D eigenvalue weighted by atomic mass is 15.1. The molecular formula is C126H86N4. The molecule has 0 saturated heterocycles. The first-order chi connectivity index (χ1) is 64.0. The monoisotopic (exact) mass is 1650 g/mol. The van der Waals surface area contributed by atoms with Crippen LogP contribution in [0, 0.1) is 0 Å². The normalized spacial score (nSPS) is 13.0. The molecule has 0 unspecified atom stereocenters. The van der Waals surface area contributed by atoms with Gasteiger partial charge in [0, 0.05) is 88.0 Å². The summed E-state index contributed by atoms with van der Waals surface area (Å²) in [6, 6.07) is 166. The first kappa shape index (κ1) is 75.0. The number of rotatable bonds is 10. The van der Waals surface area contributed by atoms with E-state index in [9.17, 15) is 0 Å². The molecule has 0 amide bonds. The van der Waals surface area contributed by atoms with E-state index in [0.29, 0.717) is 0 Å². The minimum Gasteiger partial charge on any atom is -0.311 e. The Kier molecular flexibility index (Phi) is 16.8. The van der Waals surface area contributed by atoms with Gasteiger partial charge in [0.15, 0.2) is 0 Å². The highest BCUT2D eigenvalue weighted by Crippen LogP contribution is 2.56. The molecule has 130 heavy (non-hydrogen) atoms. The second kappa shape index (κ2) is 29.1. The SMILES string of the molecule is CC1(C)c2ccccc2-c2cc3c4c5c6ccccc6c6ccccc6c5ccc4n(-c4ccc(-c5ccc(N(c6ccccc6)c6ccc(-c7ccccc7)cc6)cc5)cc4)c3cc21.CC1(C)c2ccccc2-c2cc3c4c5c6ccccc6c6ccccc6c5ccc4n(-c4ccc(-c5ccc6c(c5)c5ccccc5n6-c5ccc(-c6ccccc6)cc5)cc4)c3cc21. The molecule has 0 bridgehead atoms. The number of benzene rings is 22. The van der Waals surface area contributed by atoms with Crippen LogP contribution in [0.5, 0.6) is 0 Å². The Hall–Kier alpha value is -16.4. The van der Waals surface area contributed by atoms with E-state index >= 15 is 0 Å². The van der Waals surface area contributed by atoms with Crippen LogP contribution in [0.2, 0.25) is 0 Å². The molecule has 4 nitrogen and oxygen atoms in total. The number of para-hydroxylation sites is 2. The molecule has 0 radical (unpaired) electrons. The Labute approximate surface area is 753 Å². The van der Waals surface area contributed by atoms with Crippen molar-refractivity contribution in [3.8, 4) is 83.8 Å². The predicted molar refractivity (Wildman–Crippen MR) is 552 cm³/mol. The minimum atomic E-state index is -0.121. The molecule has 0 aliphatic heterocycles. The lowest BCUT2D eigenvalue weighted by molar-refractivity contribution is 0.661. The van der Waals surface area contributed by atoms with Crippen molar-refractivity contribution in [1.82, 2.24) is 13.7 Å². The molecule has 25 aromatic rings. The lowest BCUT2D eigenvalue weighted by Crippen LogP contribution is -2.14. The summed E-state index contributed by atoms with van der Waals surface area (Å²) in [7, 11) is 0. The largest absolute Gasteiger partial charge is 0.311 e. The van der Waals surface area contributed by atoms with Gasteiger partial charge >= 0.3 is 0 Å². The Morgan fingerprint density at radius 3 is 0.862 bits per heavy atom.